The summed E-state index contributed by atoms with van der Waals surface area (Å²) >= 11 is 0. The van der Waals surface area contributed by atoms with Crippen molar-refractivity contribution in [3.63, 3.8) is 0 Å². The van der Waals surface area contributed by atoms with Gasteiger partial charge < -0.3 is 15.3 Å². The Morgan fingerprint density at radius 2 is 1.54 bits per heavy atom. The molecule has 0 heterocycles. The van der Waals surface area contributed by atoms with Crippen molar-refractivity contribution in [2.45, 2.75) is 57.7 Å². The molecule has 0 amide bonds. The summed E-state index contributed by atoms with van der Waals surface area (Å²) in [4.78, 5) is 0. The van der Waals surface area contributed by atoms with Gasteiger partial charge in [-0.05, 0) is 19.3 Å². The quantitative estimate of drug-likeness (QED) is 0.502. The standard InChI is InChI=1S/C10H22O3/c1-2-9(12)10(13)7-5-3-4-6-8-11/h9-13H,2-8H2,1H3. The van der Waals surface area contributed by atoms with Gasteiger partial charge in [0.1, 0.15) is 0 Å². The zero-order valence-electron chi connectivity index (χ0n) is 8.45. The highest BCUT2D eigenvalue weighted by Gasteiger charge is 2.12. The first kappa shape index (κ1) is 12.9. The van der Waals surface area contributed by atoms with Gasteiger partial charge in [-0.3, -0.25) is 0 Å². The third-order valence-corrected chi connectivity index (χ3v) is 2.27. The Balaban J connectivity index is 3.21. The minimum absolute atomic E-state index is 0.250. The summed E-state index contributed by atoms with van der Waals surface area (Å²) in [5.41, 5.74) is 0. The maximum Gasteiger partial charge on any atom is 0.0799 e. The van der Waals surface area contributed by atoms with Crippen LogP contribution in [0.1, 0.15) is 45.4 Å². The van der Waals surface area contributed by atoms with Gasteiger partial charge >= 0.3 is 0 Å². The fraction of sp³-hybridized carbons (Fsp3) is 1.00. The van der Waals surface area contributed by atoms with Gasteiger partial charge in [0.05, 0.1) is 12.2 Å². The molecule has 0 aliphatic rings. The van der Waals surface area contributed by atoms with E-state index in [4.69, 9.17) is 5.11 Å². The Bertz CT molecular complexity index is 106. The Morgan fingerprint density at radius 1 is 0.923 bits per heavy atom. The molecule has 0 bridgehead atoms. The minimum atomic E-state index is -0.571. The molecular formula is C10H22O3. The number of aliphatic hydroxyl groups is 3. The van der Waals surface area contributed by atoms with Crippen LogP contribution in [0.2, 0.25) is 0 Å². The van der Waals surface area contributed by atoms with E-state index in [0.29, 0.717) is 12.8 Å². The lowest BCUT2D eigenvalue weighted by Gasteiger charge is -2.15. The molecule has 2 atom stereocenters. The third kappa shape index (κ3) is 6.99. The molecule has 0 saturated heterocycles. The van der Waals surface area contributed by atoms with E-state index in [1.54, 1.807) is 0 Å². The fourth-order valence-electron chi connectivity index (χ4n) is 1.28. The van der Waals surface area contributed by atoms with Crippen molar-refractivity contribution < 1.29 is 15.3 Å². The smallest absolute Gasteiger partial charge is 0.0799 e. The van der Waals surface area contributed by atoms with E-state index in [9.17, 15) is 10.2 Å². The Morgan fingerprint density at radius 3 is 2.08 bits per heavy atom. The van der Waals surface area contributed by atoms with Crippen LogP contribution in [0.4, 0.5) is 0 Å². The molecule has 13 heavy (non-hydrogen) atoms. The molecule has 80 valence electrons. The van der Waals surface area contributed by atoms with Gasteiger partial charge in [-0.1, -0.05) is 26.2 Å². The summed E-state index contributed by atoms with van der Waals surface area (Å²) < 4.78 is 0. The molecule has 3 heteroatoms. The van der Waals surface area contributed by atoms with Gasteiger partial charge in [-0.25, -0.2) is 0 Å². The van der Waals surface area contributed by atoms with Crippen LogP contribution in [0.15, 0.2) is 0 Å². The second kappa shape index (κ2) is 8.48. The molecule has 0 aromatic rings. The van der Waals surface area contributed by atoms with Crippen molar-refractivity contribution in [1.82, 2.24) is 0 Å². The first-order chi connectivity index (χ1) is 6.22. The molecule has 0 rings (SSSR count). The van der Waals surface area contributed by atoms with Crippen molar-refractivity contribution in [2.75, 3.05) is 6.61 Å². The number of hydrogen-bond acceptors (Lipinski definition) is 3. The number of aliphatic hydroxyl groups excluding tert-OH is 3. The third-order valence-electron chi connectivity index (χ3n) is 2.27. The summed E-state index contributed by atoms with van der Waals surface area (Å²) in [6.07, 6.45) is 3.93. The Hall–Kier alpha value is -0.120. The van der Waals surface area contributed by atoms with Crippen molar-refractivity contribution in [3.8, 4) is 0 Å². The molecule has 3 N–H and O–H groups in total. The van der Waals surface area contributed by atoms with Crippen LogP contribution in [0.25, 0.3) is 0 Å². The highest BCUT2D eigenvalue weighted by molar-refractivity contribution is 4.64. The van der Waals surface area contributed by atoms with Crippen LogP contribution in [0, 0.1) is 0 Å². The normalized spacial score (nSPS) is 15.7. The van der Waals surface area contributed by atoms with Crippen molar-refractivity contribution >= 4 is 0 Å². The second-order valence-electron chi connectivity index (χ2n) is 3.47. The molecule has 0 aliphatic heterocycles. The molecule has 0 aromatic heterocycles. The molecular weight excluding hydrogens is 168 g/mol. The lowest BCUT2D eigenvalue weighted by atomic mass is 10.0. The van der Waals surface area contributed by atoms with E-state index in [0.717, 1.165) is 25.7 Å². The van der Waals surface area contributed by atoms with Crippen molar-refractivity contribution in [1.29, 1.82) is 0 Å². The average Bonchev–Trinajstić information content (AvgIpc) is 2.16. The lowest BCUT2D eigenvalue weighted by Crippen LogP contribution is -2.24. The minimum Gasteiger partial charge on any atom is -0.396 e. The van der Waals surface area contributed by atoms with Crippen LogP contribution < -0.4 is 0 Å². The van der Waals surface area contributed by atoms with E-state index >= 15 is 0 Å². The van der Waals surface area contributed by atoms with Gasteiger partial charge in [0.25, 0.3) is 0 Å². The SMILES string of the molecule is CCC(O)C(O)CCCCCCO. The van der Waals surface area contributed by atoms with Crippen molar-refractivity contribution in [2.24, 2.45) is 0 Å². The van der Waals surface area contributed by atoms with Gasteiger partial charge in [0.2, 0.25) is 0 Å². The van der Waals surface area contributed by atoms with Crippen LogP contribution in [-0.2, 0) is 0 Å². The summed E-state index contributed by atoms with van der Waals surface area (Å²) in [6, 6.07) is 0. The fourth-order valence-corrected chi connectivity index (χ4v) is 1.28. The van der Waals surface area contributed by atoms with Crippen molar-refractivity contribution in [3.05, 3.63) is 0 Å². The number of rotatable bonds is 8. The largest absolute Gasteiger partial charge is 0.396 e. The average molecular weight is 190 g/mol. The van der Waals surface area contributed by atoms with Crippen LogP contribution in [0.5, 0.6) is 0 Å². The zero-order valence-corrected chi connectivity index (χ0v) is 8.45. The maximum atomic E-state index is 9.37. The van der Waals surface area contributed by atoms with Crippen LogP contribution >= 0.6 is 0 Å². The topological polar surface area (TPSA) is 60.7 Å². The van der Waals surface area contributed by atoms with E-state index in [1.165, 1.54) is 0 Å². The summed E-state index contributed by atoms with van der Waals surface area (Å²) in [6.45, 7) is 2.11. The molecule has 3 nitrogen and oxygen atoms in total. The molecule has 0 fully saturated rings. The van der Waals surface area contributed by atoms with E-state index < -0.39 is 12.2 Å². The second-order valence-corrected chi connectivity index (χ2v) is 3.47. The first-order valence-electron chi connectivity index (χ1n) is 5.19. The summed E-state index contributed by atoms with van der Waals surface area (Å²) in [5, 5.41) is 27.1. The van der Waals surface area contributed by atoms with E-state index in [1.807, 2.05) is 6.92 Å². The predicted octanol–water partition coefficient (Wildman–Crippen LogP) is 1.06. The Kier molecular flexibility index (Phi) is 8.40. The molecule has 0 radical (unpaired) electrons. The first-order valence-corrected chi connectivity index (χ1v) is 5.19. The van der Waals surface area contributed by atoms with Gasteiger partial charge in [-0.15, -0.1) is 0 Å². The Labute approximate surface area is 80.4 Å². The highest BCUT2D eigenvalue weighted by Crippen LogP contribution is 2.09. The summed E-state index contributed by atoms with van der Waals surface area (Å²) in [7, 11) is 0. The molecule has 2 unspecified atom stereocenters. The molecule has 0 saturated carbocycles. The van der Waals surface area contributed by atoms with Gasteiger partial charge in [0, 0.05) is 6.61 Å². The van der Waals surface area contributed by atoms with Crippen LogP contribution in [-0.4, -0.2) is 34.1 Å². The van der Waals surface area contributed by atoms with E-state index in [2.05, 4.69) is 0 Å². The molecule has 0 aromatic carbocycles. The molecule has 0 spiro atoms. The lowest BCUT2D eigenvalue weighted by molar-refractivity contribution is 0.0113. The zero-order chi connectivity index (χ0) is 10.1. The highest BCUT2D eigenvalue weighted by atomic mass is 16.3. The monoisotopic (exact) mass is 190 g/mol. The molecule has 0 aliphatic carbocycles. The predicted molar refractivity (Wildman–Crippen MR) is 52.5 cm³/mol. The van der Waals surface area contributed by atoms with Gasteiger partial charge in [0.15, 0.2) is 0 Å². The van der Waals surface area contributed by atoms with Crippen LogP contribution in [0.3, 0.4) is 0 Å². The summed E-state index contributed by atoms with van der Waals surface area (Å²) in [5.74, 6) is 0. The maximum absolute atomic E-state index is 9.37. The van der Waals surface area contributed by atoms with E-state index in [-0.39, 0.29) is 6.61 Å². The number of hydrogen-bond donors (Lipinski definition) is 3. The number of unbranched alkanes of at least 4 members (excludes halogenated alkanes) is 3. The van der Waals surface area contributed by atoms with Gasteiger partial charge in [-0.2, -0.15) is 0 Å².